The van der Waals surface area contributed by atoms with Crippen LogP contribution in [0.25, 0.3) is 0 Å². The molecule has 0 atom stereocenters. The Labute approximate surface area is 145 Å². The smallest absolute Gasteiger partial charge is 0.265 e. The van der Waals surface area contributed by atoms with Crippen LogP contribution in [0.3, 0.4) is 0 Å². The number of piperidine rings is 1. The van der Waals surface area contributed by atoms with Crippen LogP contribution in [0.15, 0.2) is 46.1 Å². The number of likely N-dealkylation sites (tertiary alicyclic amines) is 1. The molecule has 1 aliphatic rings. The Morgan fingerprint density at radius 3 is 2.58 bits per heavy atom. The normalized spacial score (nSPS) is 15.3. The summed E-state index contributed by atoms with van der Waals surface area (Å²) in [5.74, 6) is -0.198. The van der Waals surface area contributed by atoms with Crippen molar-refractivity contribution in [2.24, 2.45) is 0 Å². The standard InChI is InChI=1S/C16H17ClN2O4S/c17-12-4-5-14(16(20)19-7-2-1-3-8-19)15(10-12)18-24(21,22)13-6-9-23-11-13/h4-6,9-11,18H,1-3,7-8H2. The summed E-state index contributed by atoms with van der Waals surface area (Å²) in [6.07, 6.45) is 5.40. The lowest BCUT2D eigenvalue weighted by Crippen LogP contribution is -2.36. The molecule has 8 heteroatoms. The molecule has 6 nitrogen and oxygen atoms in total. The summed E-state index contributed by atoms with van der Waals surface area (Å²) in [5.41, 5.74) is 0.452. The highest BCUT2D eigenvalue weighted by Gasteiger charge is 2.24. The molecule has 1 amide bonds. The maximum atomic E-state index is 12.7. The van der Waals surface area contributed by atoms with E-state index in [0.717, 1.165) is 25.5 Å². The Kier molecular flexibility index (Phi) is 4.82. The Balaban J connectivity index is 1.92. The molecule has 0 radical (unpaired) electrons. The number of furan rings is 1. The number of halogens is 1. The summed E-state index contributed by atoms with van der Waals surface area (Å²) in [6.45, 7) is 1.35. The Bertz CT molecular complexity index is 828. The third-order valence-corrected chi connectivity index (χ3v) is 5.48. The summed E-state index contributed by atoms with van der Waals surface area (Å²) in [5, 5.41) is 0.343. The minimum Gasteiger partial charge on any atom is -0.471 e. The van der Waals surface area contributed by atoms with Gasteiger partial charge in [0.05, 0.1) is 17.5 Å². The first kappa shape index (κ1) is 16.9. The summed E-state index contributed by atoms with van der Waals surface area (Å²) in [7, 11) is -3.85. The average molecular weight is 369 g/mol. The van der Waals surface area contributed by atoms with Gasteiger partial charge in [0, 0.05) is 18.1 Å². The van der Waals surface area contributed by atoms with E-state index >= 15 is 0 Å². The van der Waals surface area contributed by atoms with Gasteiger partial charge < -0.3 is 9.32 Å². The van der Waals surface area contributed by atoms with E-state index in [2.05, 4.69) is 4.72 Å². The maximum absolute atomic E-state index is 12.7. The number of nitrogens with zero attached hydrogens (tertiary/aromatic N) is 1. The van der Waals surface area contributed by atoms with E-state index in [1.807, 2.05) is 0 Å². The summed E-state index contributed by atoms with van der Waals surface area (Å²) < 4.78 is 32.0. The second-order valence-corrected chi connectivity index (χ2v) is 7.73. The SMILES string of the molecule is O=C(c1ccc(Cl)cc1NS(=O)(=O)c1ccoc1)N1CCCCC1. The van der Waals surface area contributed by atoms with Gasteiger partial charge in [0.2, 0.25) is 0 Å². The van der Waals surface area contributed by atoms with Gasteiger partial charge in [-0.1, -0.05) is 11.6 Å². The fourth-order valence-corrected chi connectivity index (χ4v) is 3.83. The summed E-state index contributed by atoms with van der Waals surface area (Å²) in [6, 6.07) is 5.90. The highest BCUT2D eigenvalue weighted by molar-refractivity contribution is 7.92. The van der Waals surface area contributed by atoms with Crippen LogP contribution in [-0.2, 0) is 10.0 Å². The van der Waals surface area contributed by atoms with E-state index < -0.39 is 10.0 Å². The average Bonchev–Trinajstić information content (AvgIpc) is 3.10. The molecule has 2 aromatic rings. The molecular weight excluding hydrogens is 352 g/mol. The van der Waals surface area contributed by atoms with Crippen molar-refractivity contribution >= 4 is 33.2 Å². The van der Waals surface area contributed by atoms with Gasteiger partial charge in [-0.3, -0.25) is 9.52 Å². The molecule has 1 fully saturated rings. The molecule has 1 saturated heterocycles. The first-order valence-electron chi connectivity index (χ1n) is 7.61. The fourth-order valence-electron chi connectivity index (χ4n) is 2.66. The number of amides is 1. The lowest BCUT2D eigenvalue weighted by Gasteiger charge is -2.27. The van der Waals surface area contributed by atoms with Crippen LogP contribution in [-0.4, -0.2) is 32.3 Å². The molecule has 0 bridgehead atoms. The second-order valence-electron chi connectivity index (χ2n) is 5.61. The van der Waals surface area contributed by atoms with Crippen molar-refractivity contribution in [3.63, 3.8) is 0 Å². The zero-order valence-corrected chi connectivity index (χ0v) is 14.4. The van der Waals surface area contributed by atoms with Crippen LogP contribution in [0.4, 0.5) is 5.69 Å². The van der Waals surface area contributed by atoms with Crippen molar-refractivity contribution < 1.29 is 17.6 Å². The van der Waals surface area contributed by atoms with E-state index in [1.54, 1.807) is 17.0 Å². The van der Waals surface area contributed by atoms with E-state index in [0.29, 0.717) is 18.1 Å². The van der Waals surface area contributed by atoms with Crippen molar-refractivity contribution in [1.82, 2.24) is 4.90 Å². The summed E-state index contributed by atoms with van der Waals surface area (Å²) >= 11 is 5.98. The molecule has 1 aliphatic heterocycles. The highest BCUT2D eigenvalue weighted by Crippen LogP contribution is 2.26. The number of benzene rings is 1. The number of hydrogen-bond donors (Lipinski definition) is 1. The van der Waals surface area contributed by atoms with Crippen molar-refractivity contribution in [1.29, 1.82) is 0 Å². The topological polar surface area (TPSA) is 79.6 Å². The quantitative estimate of drug-likeness (QED) is 0.897. The molecule has 0 unspecified atom stereocenters. The van der Waals surface area contributed by atoms with Gasteiger partial charge in [-0.25, -0.2) is 8.42 Å². The predicted octanol–water partition coefficient (Wildman–Crippen LogP) is 3.36. The molecule has 3 rings (SSSR count). The first-order valence-corrected chi connectivity index (χ1v) is 9.47. The van der Waals surface area contributed by atoms with E-state index in [4.69, 9.17) is 16.0 Å². The van der Waals surface area contributed by atoms with Gasteiger partial charge in [-0.05, 0) is 43.5 Å². The number of carbonyl (C=O) groups is 1. The van der Waals surface area contributed by atoms with Gasteiger partial charge >= 0.3 is 0 Å². The van der Waals surface area contributed by atoms with Gasteiger partial charge in [0.15, 0.2) is 0 Å². The van der Waals surface area contributed by atoms with Gasteiger partial charge in [-0.2, -0.15) is 0 Å². The van der Waals surface area contributed by atoms with Crippen molar-refractivity contribution in [2.75, 3.05) is 17.8 Å². The zero-order chi connectivity index (χ0) is 17.2. The van der Waals surface area contributed by atoms with E-state index in [-0.39, 0.29) is 22.1 Å². The molecule has 128 valence electrons. The van der Waals surface area contributed by atoms with Gasteiger partial charge in [0.1, 0.15) is 11.2 Å². The molecule has 0 spiro atoms. The molecular formula is C16H17ClN2O4S. The molecule has 1 N–H and O–H groups in total. The fraction of sp³-hybridized carbons (Fsp3) is 0.312. The van der Waals surface area contributed by atoms with Gasteiger partial charge in [-0.15, -0.1) is 0 Å². The largest absolute Gasteiger partial charge is 0.471 e. The number of hydrogen-bond acceptors (Lipinski definition) is 4. The first-order chi connectivity index (χ1) is 11.5. The van der Waals surface area contributed by atoms with Crippen molar-refractivity contribution in [2.45, 2.75) is 24.2 Å². The Hall–Kier alpha value is -1.99. The molecule has 1 aromatic heterocycles. The van der Waals surface area contributed by atoms with Crippen LogP contribution in [0.5, 0.6) is 0 Å². The van der Waals surface area contributed by atoms with E-state index in [1.165, 1.54) is 18.4 Å². The van der Waals surface area contributed by atoms with Crippen LogP contribution < -0.4 is 4.72 Å². The van der Waals surface area contributed by atoms with Crippen LogP contribution in [0.2, 0.25) is 5.02 Å². The monoisotopic (exact) mass is 368 g/mol. The third-order valence-electron chi connectivity index (χ3n) is 3.90. The van der Waals surface area contributed by atoms with Crippen molar-refractivity contribution in [3.8, 4) is 0 Å². The highest BCUT2D eigenvalue weighted by atomic mass is 35.5. The number of nitrogens with one attached hydrogen (secondary N) is 1. The maximum Gasteiger partial charge on any atom is 0.265 e. The molecule has 2 heterocycles. The Morgan fingerprint density at radius 1 is 1.17 bits per heavy atom. The molecule has 0 aliphatic carbocycles. The molecule has 0 saturated carbocycles. The lowest BCUT2D eigenvalue weighted by molar-refractivity contribution is 0.0725. The molecule has 1 aromatic carbocycles. The minimum atomic E-state index is -3.85. The Morgan fingerprint density at radius 2 is 1.92 bits per heavy atom. The van der Waals surface area contributed by atoms with Crippen LogP contribution in [0.1, 0.15) is 29.6 Å². The zero-order valence-electron chi connectivity index (χ0n) is 12.9. The second kappa shape index (κ2) is 6.86. The predicted molar refractivity (Wildman–Crippen MR) is 90.7 cm³/mol. The van der Waals surface area contributed by atoms with E-state index in [9.17, 15) is 13.2 Å². The molecule has 24 heavy (non-hydrogen) atoms. The number of sulfonamides is 1. The number of rotatable bonds is 4. The number of carbonyl (C=O) groups excluding carboxylic acids is 1. The lowest BCUT2D eigenvalue weighted by atomic mass is 10.1. The number of anilines is 1. The minimum absolute atomic E-state index is 0.0150. The third kappa shape index (κ3) is 3.57. The van der Waals surface area contributed by atoms with Gasteiger partial charge in [0.25, 0.3) is 15.9 Å². The van der Waals surface area contributed by atoms with Crippen molar-refractivity contribution in [3.05, 3.63) is 47.4 Å². The summed E-state index contributed by atoms with van der Waals surface area (Å²) in [4.78, 5) is 14.5. The van der Waals surface area contributed by atoms with Crippen LogP contribution >= 0.6 is 11.6 Å². The van der Waals surface area contributed by atoms with Crippen LogP contribution in [0, 0.1) is 0 Å².